The fraction of sp³-hybridized carbons (Fsp3) is 0.143. The Bertz CT molecular complexity index is 730. The van der Waals surface area contributed by atoms with E-state index in [1.54, 1.807) is 36.4 Å². The van der Waals surface area contributed by atoms with Crippen molar-refractivity contribution in [2.45, 2.75) is 6.54 Å². The molecule has 0 unspecified atom stereocenters. The molecule has 0 amide bonds. The van der Waals surface area contributed by atoms with Gasteiger partial charge in [0.1, 0.15) is 11.5 Å². The minimum Gasteiger partial charge on any atom is -0.506 e. The van der Waals surface area contributed by atoms with Crippen LogP contribution in [0.3, 0.4) is 0 Å². The number of aromatic hydroxyl groups is 1. The molecule has 0 aliphatic rings. The zero-order chi connectivity index (χ0) is 15.5. The van der Waals surface area contributed by atoms with Gasteiger partial charge >= 0.3 is 10.3 Å². The molecule has 0 aliphatic carbocycles. The maximum Gasteiger partial charge on any atom is 0.360 e. The Morgan fingerprint density at radius 1 is 1.10 bits per heavy atom. The van der Waals surface area contributed by atoms with Gasteiger partial charge in [0, 0.05) is 5.56 Å². The van der Waals surface area contributed by atoms with Crippen LogP contribution in [0.5, 0.6) is 11.5 Å². The summed E-state index contributed by atoms with van der Waals surface area (Å²) in [5, 5.41) is 9.80. The zero-order valence-electron chi connectivity index (χ0n) is 11.3. The molecule has 0 bridgehead atoms. The lowest BCUT2D eigenvalue weighted by atomic mass is 10.2. The van der Waals surface area contributed by atoms with Gasteiger partial charge in [0.05, 0.1) is 19.3 Å². The highest BCUT2D eigenvalue weighted by atomic mass is 32.2. The number of hydrogen-bond acceptors (Lipinski definition) is 4. The predicted molar refractivity (Wildman–Crippen MR) is 78.8 cm³/mol. The highest BCUT2D eigenvalue weighted by Gasteiger charge is 2.23. The van der Waals surface area contributed by atoms with Gasteiger partial charge < -0.3 is 9.84 Å². The summed E-state index contributed by atoms with van der Waals surface area (Å²) in [5.74, 6) is 0.242. The molecule has 0 radical (unpaired) electrons. The van der Waals surface area contributed by atoms with Crippen LogP contribution in [-0.4, -0.2) is 25.2 Å². The Hall–Kier alpha value is -2.25. The number of nitrogens with zero attached hydrogens (tertiary/aromatic N) is 1. The van der Waals surface area contributed by atoms with Crippen LogP contribution in [-0.2, 0) is 16.8 Å². The van der Waals surface area contributed by atoms with Crippen LogP contribution in [0.2, 0.25) is 0 Å². The van der Waals surface area contributed by atoms with E-state index in [0.29, 0.717) is 15.6 Å². The topological polar surface area (TPSA) is 87.1 Å². The maximum atomic E-state index is 11.6. The van der Waals surface area contributed by atoms with E-state index in [9.17, 15) is 18.1 Å². The van der Waals surface area contributed by atoms with Crippen LogP contribution in [0.1, 0.15) is 5.56 Å². The molecule has 2 aromatic rings. The molecule has 21 heavy (non-hydrogen) atoms. The molecule has 6 nitrogen and oxygen atoms in total. The maximum absolute atomic E-state index is 11.6. The van der Waals surface area contributed by atoms with Crippen molar-refractivity contribution in [3.63, 3.8) is 0 Å². The van der Waals surface area contributed by atoms with E-state index < -0.39 is 10.3 Å². The number of rotatable bonds is 5. The summed E-state index contributed by atoms with van der Waals surface area (Å²) in [4.78, 5) is 0. The minimum atomic E-state index is -4.55. The molecule has 7 heteroatoms. The normalized spacial score (nSPS) is 11.1. The molecule has 0 atom stereocenters. The molecule has 0 saturated carbocycles. The van der Waals surface area contributed by atoms with Crippen LogP contribution in [0.4, 0.5) is 5.69 Å². The third-order valence-corrected chi connectivity index (χ3v) is 3.82. The third kappa shape index (κ3) is 3.45. The number of phenols is 1. The Balaban J connectivity index is 2.46. The second-order valence-corrected chi connectivity index (χ2v) is 5.62. The van der Waals surface area contributed by atoms with Gasteiger partial charge in [-0.25, -0.2) is 4.31 Å². The van der Waals surface area contributed by atoms with Crippen molar-refractivity contribution in [1.29, 1.82) is 0 Å². The molecule has 2 rings (SSSR count). The van der Waals surface area contributed by atoms with Gasteiger partial charge in [0.25, 0.3) is 0 Å². The molecule has 2 N–H and O–H groups in total. The molecular weight excluding hydrogens is 294 g/mol. The number of para-hydroxylation sites is 3. The second-order valence-electron chi connectivity index (χ2n) is 4.29. The summed E-state index contributed by atoms with van der Waals surface area (Å²) in [6.45, 7) is -0.166. The highest BCUT2D eigenvalue weighted by molar-refractivity contribution is 7.87. The summed E-state index contributed by atoms with van der Waals surface area (Å²) in [5.41, 5.74) is 0.548. The van der Waals surface area contributed by atoms with Crippen LogP contribution in [0, 0.1) is 0 Å². The Morgan fingerprint density at radius 3 is 2.33 bits per heavy atom. The molecule has 0 heterocycles. The van der Waals surface area contributed by atoms with Crippen molar-refractivity contribution in [1.82, 2.24) is 0 Å². The van der Waals surface area contributed by atoms with Crippen molar-refractivity contribution >= 4 is 16.0 Å². The molecule has 0 aliphatic heterocycles. The molecule has 0 fully saturated rings. The van der Waals surface area contributed by atoms with Crippen LogP contribution < -0.4 is 9.04 Å². The summed E-state index contributed by atoms with van der Waals surface area (Å²) in [6.07, 6.45) is 0. The number of ether oxygens (including phenoxy) is 1. The standard InChI is InChI=1S/C14H15NO5S/c1-20-14-9-5-2-6-11(14)10-15(21(17,18)19)12-7-3-4-8-13(12)16/h2-9,16H,10H2,1H3,(H,17,18,19). The van der Waals surface area contributed by atoms with Gasteiger partial charge in [0.2, 0.25) is 0 Å². The molecule has 0 spiro atoms. The van der Waals surface area contributed by atoms with Crippen LogP contribution in [0.25, 0.3) is 0 Å². The SMILES string of the molecule is COc1ccccc1CN(c1ccccc1O)S(=O)(=O)O. The molecule has 0 aromatic heterocycles. The van der Waals surface area contributed by atoms with Gasteiger partial charge in [-0.05, 0) is 18.2 Å². The van der Waals surface area contributed by atoms with Crippen molar-refractivity contribution in [3.05, 3.63) is 54.1 Å². The summed E-state index contributed by atoms with van der Waals surface area (Å²) in [7, 11) is -3.08. The van der Waals surface area contributed by atoms with E-state index in [2.05, 4.69) is 0 Å². The van der Waals surface area contributed by atoms with Gasteiger partial charge in [-0.3, -0.25) is 4.55 Å². The quantitative estimate of drug-likeness (QED) is 0.827. The average Bonchev–Trinajstić information content (AvgIpc) is 2.45. The monoisotopic (exact) mass is 309 g/mol. The van der Waals surface area contributed by atoms with Gasteiger partial charge in [-0.2, -0.15) is 8.42 Å². The minimum absolute atomic E-state index is 0.00842. The molecule has 2 aromatic carbocycles. The first-order valence-corrected chi connectivity index (χ1v) is 7.48. The summed E-state index contributed by atoms with van der Waals surface area (Å²) >= 11 is 0. The van der Waals surface area contributed by atoms with Crippen molar-refractivity contribution in [2.75, 3.05) is 11.4 Å². The predicted octanol–water partition coefficient (Wildman–Crippen LogP) is 2.21. The van der Waals surface area contributed by atoms with Crippen molar-refractivity contribution in [3.8, 4) is 11.5 Å². The van der Waals surface area contributed by atoms with E-state index >= 15 is 0 Å². The van der Waals surface area contributed by atoms with Crippen molar-refractivity contribution < 1.29 is 22.8 Å². The summed E-state index contributed by atoms with van der Waals surface area (Å²) < 4.78 is 38.5. The molecule has 0 saturated heterocycles. The largest absolute Gasteiger partial charge is 0.506 e. The average molecular weight is 309 g/mol. The first kappa shape index (κ1) is 15.1. The van der Waals surface area contributed by atoms with Crippen molar-refractivity contribution in [2.24, 2.45) is 0 Å². The Labute approximate surface area is 123 Å². The van der Waals surface area contributed by atoms with E-state index in [0.717, 1.165) is 0 Å². The fourth-order valence-electron chi connectivity index (χ4n) is 1.95. The first-order chi connectivity index (χ1) is 9.93. The number of anilines is 1. The van der Waals surface area contributed by atoms with Gasteiger partial charge in [-0.1, -0.05) is 30.3 Å². The number of methoxy groups -OCH3 is 1. The highest BCUT2D eigenvalue weighted by Crippen LogP contribution is 2.31. The van der Waals surface area contributed by atoms with Gasteiger partial charge in [0.15, 0.2) is 0 Å². The lowest BCUT2D eigenvalue weighted by Gasteiger charge is -2.22. The number of phenolic OH excluding ortho intramolecular Hbond substituents is 1. The number of hydrogen-bond donors (Lipinski definition) is 2. The Morgan fingerprint density at radius 2 is 1.71 bits per heavy atom. The summed E-state index contributed by atoms with van der Waals surface area (Å²) in [6, 6.07) is 12.7. The van der Waals surface area contributed by atoms with E-state index in [-0.39, 0.29) is 18.0 Å². The van der Waals surface area contributed by atoms with E-state index in [4.69, 9.17) is 4.74 Å². The lowest BCUT2D eigenvalue weighted by Crippen LogP contribution is -2.30. The zero-order valence-corrected chi connectivity index (χ0v) is 12.1. The van der Waals surface area contributed by atoms with Crippen LogP contribution >= 0.6 is 0 Å². The fourth-order valence-corrected chi connectivity index (χ4v) is 2.66. The second kappa shape index (κ2) is 6.02. The smallest absolute Gasteiger partial charge is 0.360 e. The molecular formula is C14H15NO5S. The third-order valence-electron chi connectivity index (χ3n) is 2.94. The first-order valence-electron chi connectivity index (χ1n) is 6.08. The Kier molecular flexibility index (Phi) is 4.35. The number of benzene rings is 2. The van der Waals surface area contributed by atoms with Gasteiger partial charge in [-0.15, -0.1) is 0 Å². The van der Waals surface area contributed by atoms with E-state index in [1.807, 2.05) is 0 Å². The van der Waals surface area contributed by atoms with E-state index in [1.165, 1.54) is 19.2 Å². The van der Waals surface area contributed by atoms with Crippen LogP contribution in [0.15, 0.2) is 48.5 Å². The lowest BCUT2D eigenvalue weighted by molar-refractivity contribution is 0.409. The molecule has 112 valence electrons.